The fraction of sp³-hybridized carbons (Fsp3) is 0.913. The molecule has 3 heteroatoms. The summed E-state index contributed by atoms with van der Waals surface area (Å²) in [6.07, 6.45) is 16.4. The Kier molecular flexibility index (Phi) is 17.9. The predicted octanol–water partition coefficient (Wildman–Crippen LogP) is 6.99. The van der Waals surface area contributed by atoms with E-state index in [4.69, 9.17) is 9.47 Å². The molecular formula is C23H46O2Si. The van der Waals surface area contributed by atoms with Crippen molar-refractivity contribution in [3.63, 3.8) is 0 Å². The van der Waals surface area contributed by atoms with Crippen molar-refractivity contribution in [1.29, 1.82) is 0 Å². The first-order valence-electron chi connectivity index (χ1n) is 11.1. The molecule has 0 aliphatic carbocycles. The Balaban J connectivity index is 3.10. The molecule has 0 aliphatic rings. The molecule has 0 spiro atoms. The van der Waals surface area contributed by atoms with Crippen LogP contribution in [0.1, 0.15) is 90.9 Å². The number of ether oxygens (including phenoxy) is 2. The first-order valence-corrected chi connectivity index (χ1v) is 14.6. The van der Waals surface area contributed by atoms with Crippen molar-refractivity contribution in [2.45, 2.75) is 117 Å². The molecule has 0 atom stereocenters. The van der Waals surface area contributed by atoms with Crippen LogP contribution in [-0.2, 0) is 9.47 Å². The Morgan fingerprint density at radius 2 is 1.15 bits per heavy atom. The summed E-state index contributed by atoms with van der Waals surface area (Å²) in [6, 6.07) is 0. The van der Waals surface area contributed by atoms with Crippen LogP contribution in [0.3, 0.4) is 0 Å². The lowest BCUT2D eigenvalue weighted by molar-refractivity contribution is 0.0186. The summed E-state index contributed by atoms with van der Waals surface area (Å²) in [6.45, 7) is 13.4. The van der Waals surface area contributed by atoms with Gasteiger partial charge in [0.2, 0.25) is 0 Å². The first kappa shape index (κ1) is 25.7. The molecule has 0 radical (unpaired) electrons. The highest BCUT2D eigenvalue weighted by Crippen LogP contribution is 2.12. The number of rotatable bonds is 17. The monoisotopic (exact) mass is 382 g/mol. The summed E-state index contributed by atoms with van der Waals surface area (Å²) < 4.78 is 11.0. The number of hydrogen-bond donors (Lipinski definition) is 0. The molecule has 0 fully saturated rings. The van der Waals surface area contributed by atoms with E-state index in [1.54, 1.807) is 0 Å². The molecule has 0 heterocycles. The van der Waals surface area contributed by atoms with Gasteiger partial charge in [0, 0.05) is 13.0 Å². The molecular weight excluding hydrogens is 336 g/mol. The fourth-order valence-corrected chi connectivity index (χ4v) is 3.44. The van der Waals surface area contributed by atoms with Crippen LogP contribution >= 0.6 is 0 Å². The molecule has 0 unspecified atom stereocenters. The maximum atomic E-state index is 5.58. The topological polar surface area (TPSA) is 18.5 Å². The van der Waals surface area contributed by atoms with Gasteiger partial charge in [-0.05, 0) is 26.7 Å². The van der Waals surface area contributed by atoms with Crippen molar-refractivity contribution in [2.24, 2.45) is 0 Å². The van der Waals surface area contributed by atoms with Gasteiger partial charge in [-0.25, -0.2) is 0 Å². The molecule has 154 valence electrons. The third kappa shape index (κ3) is 23.7. The van der Waals surface area contributed by atoms with E-state index >= 15 is 0 Å². The van der Waals surface area contributed by atoms with Crippen molar-refractivity contribution in [3.8, 4) is 11.5 Å². The van der Waals surface area contributed by atoms with Gasteiger partial charge in [0.15, 0.2) is 0 Å². The average molecular weight is 383 g/mol. The highest BCUT2D eigenvalue weighted by Gasteiger charge is 2.06. The normalized spacial score (nSPS) is 11.6. The minimum absolute atomic E-state index is 0.313. The molecule has 0 rings (SSSR count). The molecule has 26 heavy (non-hydrogen) atoms. The van der Waals surface area contributed by atoms with Gasteiger partial charge in [0.05, 0.1) is 19.3 Å². The second kappa shape index (κ2) is 18.1. The third-order valence-corrected chi connectivity index (χ3v) is 5.16. The number of unbranched alkanes of at least 4 members (excludes halogenated alkanes) is 11. The SMILES string of the molecule is CC(C)OCCOCCCCCCCCCCCCCC#C[Si](C)(C)C. The second-order valence-electron chi connectivity index (χ2n) is 8.72. The largest absolute Gasteiger partial charge is 0.379 e. The Hall–Kier alpha value is -0.303. The van der Waals surface area contributed by atoms with Gasteiger partial charge < -0.3 is 9.47 Å². The standard InChI is InChI=1S/C23H46O2Si/c1-23(2)25-21-20-24-19-17-15-13-11-9-7-6-8-10-12-14-16-18-22-26(3,4)5/h23H,6-17,19-21H2,1-5H3. The maximum absolute atomic E-state index is 5.58. The van der Waals surface area contributed by atoms with E-state index in [1.807, 2.05) is 0 Å². The molecule has 0 aromatic rings. The van der Waals surface area contributed by atoms with Crippen LogP contribution in [0.15, 0.2) is 0 Å². The van der Waals surface area contributed by atoms with Gasteiger partial charge >= 0.3 is 0 Å². The molecule has 0 N–H and O–H groups in total. The van der Waals surface area contributed by atoms with E-state index in [2.05, 4.69) is 45.0 Å². The highest BCUT2D eigenvalue weighted by molar-refractivity contribution is 6.83. The molecule has 0 aromatic carbocycles. The van der Waals surface area contributed by atoms with Crippen LogP contribution in [0.2, 0.25) is 19.6 Å². The van der Waals surface area contributed by atoms with Crippen LogP contribution in [0.25, 0.3) is 0 Å². The van der Waals surface area contributed by atoms with Crippen molar-refractivity contribution in [2.75, 3.05) is 19.8 Å². The van der Waals surface area contributed by atoms with Crippen LogP contribution < -0.4 is 0 Å². The fourth-order valence-electron chi connectivity index (χ4n) is 2.78. The predicted molar refractivity (Wildman–Crippen MR) is 118 cm³/mol. The summed E-state index contributed by atoms with van der Waals surface area (Å²) in [5, 5.41) is 0. The van der Waals surface area contributed by atoms with E-state index in [9.17, 15) is 0 Å². The van der Waals surface area contributed by atoms with Gasteiger partial charge in [0.25, 0.3) is 0 Å². The summed E-state index contributed by atoms with van der Waals surface area (Å²) >= 11 is 0. The molecule has 0 aromatic heterocycles. The Morgan fingerprint density at radius 3 is 1.65 bits per heavy atom. The van der Waals surface area contributed by atoms with Crippen molar-refractivity contribution >= 4 is 8.07 Å². The number of hydrogen-bond acceptors (Lipinski definition) is 2. The lowest BCUT2D eigenvalue weighted by atomic mass is 10.1. The van der Waals surface area contributed by atoms with Gasteiger partial charge in [0.1, 0.15) is 8.07 Å². The molecule has 0 bridgehead atoms. The molecule has 0 amide bonds. The van der Waals surface area contributed by atoms with Crippen molar-refractivity contribution in [3.05, 3.63) is 0 Å². The summed E-state index contributed by atoms with van der Waals surface area (Å²) in [5.74, 6) is 3.38. The lowest BCUT2D eigenvalue weighted by Crippen LogP contribution is -2.16. The van der Waals surface area contributed by atoms with E-state index in [0.717, 1.165) is 26.2 Å². The zero-order valence-electron chi connectivity index (χ0n) is 18.5. The Morgan fingerprint density at radius 1 is 0.654 bits per heavy atom. The van der Waals surface area contributed by atoms with E-state index in [0.29, 0.717) is 6.10 Å². The van der Waals surface area contributed by atoms with E-state index in [1.165, 1.54) is 70.6 Å². The van der Waals surface area contributed by atoms with Crippen LogP contribution in [0, 0.1) is 11.5 Å². The zero-order valence-corrected chi connectivity index (χ0v) is 19.5. The first-order chi connectivity index (χ1) is 12.4. The minimum Gasteiger partial charge on any atom is -0.379 e. The van der Waals surface area contributed by atoms with Gasteiger partial charge in [-0.15, -0.1) is 11.5 Å². The minimum atomic E-state index is -1.14. The quantitative estimate of drug-likeness (QED) is 0.153. The van der Waals surface area contributed by atoms with Crippen molar-refractivity contribution in [1.82, 2.24) is 0 Å². The average Bonchev–Trinajstić information content (AvgIpc) is 2.55. The van der Waals surface area contributed by atoms with Crippen molar-refractivity contribution < 1.29 is 9.47 Å². The third-order valence-electron chi connectivity index (χ3n) is 4.23. The smallest absolute Gasteiger partial charge is 0.129 e. The second-order valence-corrected chi connectivity index (χ2v) is 13.5. The molecule has 2 nitrogen and oxygen atoms in total. The summed E-state index contributed by atoms with van der Waals surface area (Å²) in [7, 11) is -1.14. The lowest BCUT2D eigenvalue weighted by Gasteiger charge is -2.08. The summed E-state index contributed by atoms with van der Waals surface area (Å²) in [5.41, 5.74) is 3.45. The molecule has 0 saturated heterocycles. The van der Waals surface area contributed by atoms with Gasteiger partial charge in [-0.2, -0.15) is 0 Å². The summed E-state index contributed by atoms with van der Waals surface area (Å²) in [4.78, 5) is 0. The Labute approximate surface area is 165 Å². The maximum Gasteiger partial charge on any atom is 0.129 e. The Bertz CT molecular complexity index is 349. The van der Waals surface area contributed by atoms with Crippen LogP contribution in [0.4, 0.5) is 0 Å². The zero-order chi connectivity index (χ0) is 19.5. The van der Waals surface area contributed by atoms with Gasteiger partial charge in [-0.3, -0.25) is 0 Å². The van der Waals surface area contributed by atoms with Gasteiger partial charge in [-0.1, -0.05) is 77.4 Å². The molecule has 0 saturated carbocycles. The van der Waals surface area contributed by atoms with E-state index < -0.39 is 8.07 Å². The highest BCUT2D eigenvalue weighted by atomic mass is 28.3. The van der Waals surface area contributed by atoms with E-state index in [-0.39, 0.29) is 0 Å². The van der Waals surface area contributed by atoms with Crippen LogP contribution in [-0.4, -0.2) is 34.0 Å². The van der Waals surface area contributed by atoms with Crippen LogP contribution in [0.5, 0.6) is 0 Å². The molecule has 0 aliphatic heterocycles.